The van der Waals surface area contributed by atoms with Gasteiger partial charge in [0.25, 0.3) is 0 Å². The van der Waals surface area contributed by atoms with E-state index in [9.17, 15) is 4.79 Å². The summed E-state index contributed by atoms with van der Waals surface area (Å²) in [5.74, 6) is -0.00170. The first-order valence-corrected chi connectivity index (χ1v) is 8.39. The lowest BCUT2D eigenvalue weighted by Crippen LogP contribution is -2.13. The Morgan fingerprint density at radius 1 is 1.24 bits per heavy atom. The Kier molecular flexibility index (Phi) is 3.09. The van der Waals surface area contributed by atoms with Crippen LogP contribution in [0.15, 0.2) is 41.8 Å². The molecule has 21 heavy (non-hydrogen) atoms. The van der Waals surface area contributed by atoms with E-state index in [0.29, 0.717) is 11.6 Å². The predicted molar refractivity (Wildman–Crippen MR) is 87.0 cm³/mol. The molecule has 0 aliphatic heterocycles. The van der Waals surface area contributed by atoms with Crippen molar-refractivity contribution in [3.8, 4) is 11.3 Å². The Bertz CT molecular complexity index is 806. The van der Waals surface area contributed by atoms with E-state index in [-0.39, 0.29) is 5.91 Å². The molecule has 1 aliphatic rings. The molecule has 3 aromatic rings. The van der Waals surface area contributed by atoms with Gasteiger partial charge in [0, 0.05) is 21.7 Å². The molecule has 0 unspecified atom stereocenters. The molecule has 4 rings (SSSR count). The zero-order valence-electron chi connectivity index (χ0n) is 11.1. The number of nitrogens with one attached hydrogen (secondary N) is 1. The number of fused-ring (bicyclic) bond motifs is 3. The van der Waals surface area contributed by atoms with Crippen molar-refractivity contribution in [1.29, 1.82) is 0 Å². The first-order chi connectivity index (χ1) is 10.3. The van der Waals surface area contributed by atoms with Gasteiger partial charge in [-0.05, 0) is 17.0 Å². The van der Waals surface area contributed by atoms with Crippen molar-refractivity contribution in [3.63, 3.8) is 0 Å². The van der Waals surface area contributed by atoms with Crippen molar-refractivity contribution < 1.29 is 4.79 Å². The largest absolute Gasteiger partial charge is 0.302 e. The fourth-order valence-electron chi connectivity index (χ4n) is 2.55. The SMILES string of the molecule is O=C(Cc1cccs1)Nc1nc2c(s1)Cc1ccccc1-2. The van der Waals surface area contributed by atoms with E-state index >= 15 is 0 Å². The maximum atomic E-state index is 12.0. The van der Waals surface area contributed by atoms with Crippen LogP contribution in [-0.4, -0.2) is 10.9 Å². The summed E-state index contributed by atoms with van der Waals surface area (Å²) in [5.41, 5.74) is 3.55. The lowest BCUT2D eigenvalue weighted by atomic mass is 10.1. The number of benzene rings is 1. The fourth-order valence-corrected chi connectivity index (χ4v) is 4.27. The maximum Gasteiger partial charge on any atom is 0.231 e. The molecular formula is C16H12N2OS2. The Morgan fingerprint density at radius 2 is 2.14 bits per heavy atom. The number of carbonyl (C=O) groups excluding carboxylic acids is 1. The van der Waals surface area contributed by atoms with Crippen LogP contribution in [0.1, 0.15) is 15.3 Å². The zero-order valence-corrected chi connectivity index (χ0v) is 12.8. The second-order valence-corrected chi connectivity index (χ2v) is 7.04. The third kappa shape index (κ3) is 2.39. The van der Waals surface area contributed by atoms with Crippen LogP contribution in [0, 0.1) is 0 Å². The molecule has 5 heteroatoms. The molecule has 0 fully saturated rings. The number of amides is 1. The molecule has 1 amide bonds. The Morgan fingerprint density at radius 3 is 3.00 bits per heavy atom. The minimum atomic E-state index is -0.00170. The van der Waals surface area contributed by atoms with Crippen molar-refractivity contribution in [2.45, 2.75) is 12.8 Å². The number of anilines is 1. The van der Waals surface area contributed by atoms with Crippen LogP contribution < -0.4 is 5.32 Å². The van der Waals surface area contributed by atoms with Crippen LogP contribution in [0.3, 0.4) is 0 Å². The number of aromatic nitrogens is 1. The molecule has 2 aromatic heterocycles. The Hall–Kier alpha value is -1.98. The molecule has 104 valence electrons. The molecule has 0 saturated heterocycles. The van der Waals surface area contributed by atoms with Gasteiger partial charge in [0.1, 0.15) is 0 Å². The molecule has 0 bridgehead atoms. The zero-order chi connectivity index (χ0) is 14.2. The molecular weight excluding hydrogens is 300 g/mol. The summed E-state index contributed by atoms with van der Waals surface area (Å²) < 4.78 is 0. The van der Waals surface area contributed by atoms with Gasteiger partial charge in [0.2, 0.25) is 5.91 Å². The van der Waals surface area contributed by atoms with Crippen LogP contribution in [0.4, 0.5) is 5.13 Å². The summed E-state index contributed by atoms with van der Waals surface area (Å²) >= 11 is 3.18. The monoisotopic (exact) mass is 312 g/mol. The highest BCUT2D eigenvalue weighted by Crippen LogP contribution is 2.40. The van der Waals surface area contributed by atoms with Gasteiger partial charge >= 0.3 is 0 Å². The van der Waals surface area contributed by atoms with E-state index < -0.39 is 0 Å². The fraction of sp³-hybridized carbons (Fsp3) is 0.125. The molecule has 0 saturated carbocycles. The average molecular weight is 312 g/mol. The van der Waals surface area contributed by atoms with Crippen molar-refractivity contribution >= 4 is 33.7 Å². The topological polar surface area (TPSA) is 42.0 Å². The summed E-state index contributed by atoms with van der Waals surface area (Å²) in [5, 5.41) is 5.60. The molecule has 2 heterocycles. The highest BCUT2D eigenvalue weighted by Gasteiger charge is 2.23. The van der Waals surface area contributed by atoms with Crippen molar-refractivity contribution in [2.24, 2.45) is 0 Å². The third-order valence-corrected chi connectivity index (χ3v) is 5.33. The number of nitrogens with zero attached hydrogens (tertiary/aromatic N) is 1. The molecule has 0 spiro atoms. The summed E-state index contributed by atoms with van der Waals surface area (Å²) in [6.45, 7) is 0. The third-order valence-electron chi connectivity index (χ3n) is 3.48. The van der Waals surface area contributed by atoms with Gasteiger partial charge in [0.15, 0.2) is 5.13 Å². The molecule has 1 N–H and O–H groups in total. The van der Waals surface area contributed by atoms with Gasteiger partial charge in [-0.1, -0.05) is 30.3 Å². The van der Waals surface area contributed by atoms with Gasteiger partial charge in [-0.15, -0.1) is 22.7 Å². The highest BCUT2D eigenvalue weighted by atomic mass is 32.1. The van der Waals surface area contributed by atoms with E-state index in [4.69, 9.17) is 0 Å². The van der Waals surface area contributed by atoms with Crippen molar-refractivity contribution in [1.82, 2.24) is 4.98 Å². The maximum absolute atomic E-state index is 12.0. The average Bonchev–Trinajstić information content (AvgIpc) is 3.14. The van der Waals surface area contributed by atoms with Gasteiger partial charge < -0.3 is 5.32 Å². The standard InChI is InChI=1S/C16H12N2OS2/c19-14(9-11-5-3-7-20-11)17-16-18-15-12-6-2-1-4-10(12)8-13(15)21-16/h1-7H,8-9H2,(H,17,18,19). The second kappa shape index (κ2) is 5.09. The van der Waals surface area contributed by atoms with E-state index in [1.54, 1.807) is 22.7 Å². The van der Waals surface area contributed by atoms with Crippen molar-refractivity contribution in [3.05, 3.63) is 57.1 Å². The van der Waals surface area contributed by atoms with Gasteiger partial charge in [0.05, 0.1) is 12.1 Å². The summed E-state index contributed by atoms with van der Waals surface area (Å²) in [6.07, 6.45) is 1.34. The molecule has 0 atom stereocenters. The number of thiophene rings is 1. The first kappa shape index (κ1) is 12.7. The Labute approximate surface area is 130 Å². The van der Waals surface area contributed by atoms with Gasteiger partial charge in [-0.3, -0.25) is 4.79 Å². The number of hydrogen-bond acceptors (Lipinski definition) is 4. The molecule has 0 radical (unpaired) electrons. The van der Waals surface area contributed by atoms with E-state index in [1.807, 2.05) is 23.6 Å². The number of thiazole rings is 1. The van der Waals surface area contributed by atoms with Crippen LogP contribution in [-0.2, 0) is 17.6 Å². The van der Waals surface area contributed by atoms with E-state index in [2.05, 4.69) is 28.5 Å². The lowest BCUT2D eigenvalue weighted by Gasteiger charge is -2.01. The van der Waals surface area contributed by atoms with Gasteiger partial charge in [-0.2, -0.15) is 0 Å². The molecule has 1 aliphatic carbocycles. The normalized spacial score (nSPS) is 12.0. The lowest BCUT2D eigenvalue weighted by molar-refractivity contribution is -0.115. The van der Waals surface area contributed by atoms with Crippen LogP contribution >= 0.6 is 22.7 Å². The number of carbonyl (C=O) groups is 1. The summed E-state index contributed by atoms with van der Waals surface area (Å²) in [4.78, 5) is 18.9. The minimum Gasteiger partial charge on any atom is -0.302 e. The second-order valence-electron chi connectivity index (χ2n) is 4.93. The number of hydrogen-bond donors (Lipinski definition) is 1. The van der Waals surface area contributed by atoms with Crippen molar-refractivity contribution in [2.75, 3.05) is 5.32 Å². The highest BCUT2D eigenvalue weighted by molar-refractivity contribution is 7.16. The van der Waals surface area contributed by atoms with Crippen LogP contribution in [0.2, 0.25) is 0 Å². The smallest absolute Gasteiger partial charge is 0.231 e. The van der Waals surface area contributed by atoms with Gasteiger partial charge in [-0.25, -0.2) is 4.98 Å². The minimum absolute atomic E-state index is 0.00170. The predicted octanol–water partition coefficient (Wildman–Crippen LogP) is 3.96. The van der Waals surface area contributed by atoms with Crippen LogP contribution in [0.5, 0.6) is 0 Å². The van der Waals surface area contributed by atoms with Crippen LogP contribution in [0.25, 0.3) is 11.3 Å². The first-order valence-electron chi connectivity index (χ1n) is 6.70. The number of rotatable bonds is 3. The quantitative estimate of drug-likeness (QED) is 0.622. The summed E-state index contributed by atoms with van der Waals surface area (Å²) in [6, 6.07) is 12.3. The Balaban J connectivity index is 1.53. The van der Waals surface area contributed by atoms with E-state index in [1.165, 1.54) is 16.0 Å². The molecule has 3 nitrogen and oxygen atoms in total. The summed E-state index contributed by atoms with van der Waals surface area (Å²) in [7, 11) is 0. The van der Waals surface area contributed by atoms with E-state index in [0.717, 1.165) is 17.0 Å². The molecule has 1 aromatic carbocycles.